The molecule has 0 bridgehead atoms. The van der Waals surface area contributed by atoms with Gasteiger partial charge in [0.2, 0.25) is 5.91 Å². The van der Waals surface area contributed by atoms with Crippen LogP contribution in [0, 0.1) is 17.0 Å². The Kier molecular flexibility index (Phi) is 10.2. The van der Waals surface area contributed by atoms with Crippen molar-refractivity contribution in [2.75, 3.05) is 26.7 Å². The lowest BCUT2D eigenvalue weighted by molar-refractivity contribution is -0.130. The minimum absolute atomic E-state index is 0.224. The highest BCUT2D eigenvalue weighted by Crippen LogP contribution is 2.19. The molecule has 8 heteroatoms. The topological polar surface area (TPSA) is 105 Å². The van der Waals surface area contributed by atoms with E-state index in [1.807, 2.05) is 37.9 Å². The number of aliphatic hydroxyl groups excluding tert-OH is 1. The summed E-state index contributed by atoms with van der Waals surface area (Å²) in [5.74, 6) is -1.44. The Balaban J connectivity index is 1.78. The average molecular weight is 465 g/mol. The maximum Gasteiger partial charge on any atom is 0.250 e. The van der Waals surface area contributed by atoms with Gasteiger partial charge in [-0.3, -0.25) is 4.79 Å². The zero-order valence-corrected chi connectivity index (χ0v) is 19.9. The molecule has 2 rings (SSSR count). The predicted molar refractivity (Wildman–Crippen MR) is 127 cm³/mol. The Bertz CT molecular complexity index is 857. The van der Waals surface area contributed by atoms with Crippen LogP contribution in [-0.2, 0) is 11.2 Å². The number of allylic oxidation sites excluding steroid dienone is 3. The standard InChI is InChI=1S/C25H38F2N4O2/c1-25(2,15-30-24(33)23(32)22(29)11-17-7-5-4-6-8-17)16-31(3)14-20(28)13-18-12-19(26)9-10-21(18)27/h4-5,7,9-10,12,20,22-23,32H,6,8,11,13-16,28-29H2,1-3H3,(H,30,33)/t20?,22-,23+/m1/s1. The summed E-state index contributed by atoms with van der Waals surface area (Å²) in [5, 5.41) is 13.1. The van der Waals surface area contributed by atoms with Gasteiger partial charge >= 0.3 is 0 Å². The number of amides is 1. The van der Waals surface area contributed by atoms with Crippen molar-refractivity contribution in [2.45, 2.75) is 57.7 Å². The van der Waals surface area contributed by atoms with Crippen molar-refractivity contribution in [3.63, 3.8) is 0 Å². The maximum atomic E-state index is 13.9. The molecule has 33 heavy (non-hydrogen) atoms. The highest BCUT2D eigenvalue weighted by molar-refractivity contribution is 5.81. The van der Waals surface area contributed by atoms with Gasteiger partial charge in [-0.25, -0.2) is 8.78 Å². The van der Waals surface area contributed by atoms with E-state index in [-0.39, 0.29) is 23.4 Å². The Hall–Kier alpha value is -2.13. The van der Waals surface area contributed by atoms with E-state index in [9.17, 15) is 18.7 Å². The first-order valence-electron chi connectivity index (χ1n) is 11.4. The number of nitrogens with zero attached hydrogens (tertiary/aromatic N) is 1. The molecule has 0 radical (unpaired) electrons. The zero-order chi connectivity index (χ0) is 24.6. The van der Waals surface area contributed by atoms with Gasteiger partial charge in [-0.2, -0.15) is 0 Å². The second-order valence-corrected chi connectivity index (χ2v) is 9.88. The molecule has 1 amide bonds. The third-order valence-corrected chi connectivity index (χ3v) is 5.75. The molecule has 1 aliphatic rings. The molecule has 6 N–H and O–H groups in total. The van der Waals surface area contributed by atoms with Gasteiger partial charge in [0.05, 0.1) is 0 Å². The van der Waals surface area contributed by atoms with Crippen molar-refractivity contribution in [3.8, 4) is 0 Å². The van der Waals surface area contributed by atoms with Crippen LogP contribution in [0.4, 0.5) is 8.78 Å². The Labute approximate surface area is 195 Å². The molecule has 1 unspecified atom stereocenters. The van der Waals surface area contributed by atoms with Gasteiger partial charge in [0.15, 0.2) is 0 Å². The van der Waals surface area contributed by atoms with E-state index < -0.39 is 29.7 Å². The molecule has 1 aromatic rings. The predicted octanol–water partition coefficient (Wildman–Crippen LogP) is 2.26. The molecular weight excluding hydrogens is 426 g/mol. The van der Waals surface area contributed by atoms with Crippen molar-refractivity contribution in [1.82, 2.24) is 10.2 Å². The molecule has 0 aromatic heterocycles. The SMILES string of the molecule is CN(CC(N)Cc1cc(F)ccc1F)CC(C)(C)CNC(=O)[C@@H](O)[C@H](N)CC1=CC=CCC1. The lowest BCUT2D eigenvalue weighted by Gasteiger charge is -2.32. The van der Waals surface area contributed by atoms with Crippen LogP contribution in [0.2, 0.25) is 0 Å². The van der Waals surface area contributed by atoms with E-state index in [0.717, 1.165) is 30.5 Å². The number of benzene rings is 1. The van der Waals surface area contributed by atoms with Gasteiger partial charge in [-0.1, -0.05) is 37.6 Å². The minimum Gasteiger partial charge on any atom is -0.382 e. The molecule has 0 saturated heterocycles. The van der Waals surface area contributed by atoms with Gasteiger partial charge in [0.25, 0.3) is 0 Å². The highest BCUT2D eigenvalue weighted by Gasteiger charge is 2.27. The van der Waals surface area contributed by atoms with Gasteiger partial charge in [-0.05, 0) is 61.9 Å². The molecule has 1 aliphatic carbocycles. The summed E-state index contributed by atoms with van der Waals surface area (Å²) in [5.41, 5.74) is 13.3. The maximum absolute atomic E-state index is 13.9. The minimum atomic E-state index is -1.28. The van der Waals surface area contributed by atoms with Crippen molar-refractivity contribution in [3.05, 3.63) is 59.2 Å². The monoisotopic (exact) mass is 464 g/mol. The van der Waals surface area contributed by atoms with E-state index in [2.05, 4.69) is 11.4 Å². The first kappa shape index (κ1) is 27.1. The zero-order valence-electron chi connectivity index (χ0n) is 19.9. The van der Waals surface area contributed by atoms with Crippen molar-refractivity contribution in [1.29, 1.82) is 0 Å². The molecule has 0 aliphatic heterocycles. The van der Waals surface area contributed by atoms with E-state index in [4.69, 9.17) is 11.5 Å². The lowest BCUT2D eigenvalue weighted by atomic mass is 9.91. The van der Waals surface area contributed by atoms with Crippen LogP contribution in [0.1, 0.15) is 38.7 Å². The number of carbonyl (C=O) groups excluding carboxylic acids is 1. The van der Waals surface area contributed by atoms with E-state index >= 15 is 0 Å². The number of likely N-dealkylation sites (N-methyl/N-ethyl adjacent to an activating group) is 1. The highest BCUT2D eigenvalue weighted by atomic mass is 19.1. The first-order valence-corrected chi connectivity index (χ1v) is 11.4. The lowest BCUT2D eigenvalue weighted by Crippen LogP contribution is -2.50. The van der Waals surface area contributed by atoms with Crippen LogP contribution in [0.3, 0.4) is 0 Å². The van der Waals surface area contributed by atoms with Crippen molar-refractivity contribution >= 4 is 5.91 Å². The number of hydrogen-bond donors (Lipinski definition) is 4. The molecular formula is C25H38F2N4O2. The fourth-order valence-electron chi connectivity index (χ4n) is 4.16. The molecule has 6 nitrogen and oxygen atoms in total. The molecule has 0 saturated carbocycles. The summed E-state index contributed by atoms with van der Waals surface area (Å²) in [6, 6.07) is 2.33. The normalized spacial score (nSPS) is 16.9. The van der Waals surface area contributed by atoms with Crippen LogP contribution in [0.25, 0.3) is 0 Å². The summed E-state index contributed by atoms with van der Waals surface area (Å²) in [7, 11) is 1.89. The second-order valence-electron chi connectivity index (χ2n) is 9.88. The fraction of sp³-hybridized carbons (Fsp3) is 0.560. The Morgan fingerprint density at radius 3 is 2.67 bits per heavy atom. The van der Waals surface area contributed by atoms with Gasteiger partial charge in [-0.15, -0.1) is 0 Å². The number of halogens is 2. The van der Waals surface area contributed by atoms with Gasteiger partial charge in [0, 0.05) is 31.7 Å². The van der Waals surface area contributed by atoms with Crippen molar-refractivity contribution in [2.24, 2.45) is 16.9 Å². The smallest absolute Gasteiger partial charge is 0.250 e. The summed E-state index contributed by atoms with van der Waals surface area (Å²) in [4.78, 5) is 14.4. The third kappa shape index (κ3) is 9.33. The number of aliphatic hydroxyl groups is 1. The van der Waals surface area contributed by atoms with Crippen molar-refractivity contribution < 1.29 is 18.7 Å². The van der Waals surface area contributed by atoms with Crippen LogP contribution in [-0.4, -0.2) is 60.8 Å². The number of carbonyl (C=O) groups is 1. The molecule has 3 atom stereocenters. The summed E-state index contributed by atoms with van der Waals surface area (Å²) < 4.78 is 27.2. The van der Waals surface area contributed by atoms with Crippen LogP contribution in [0.15, 0.2) is 42.0 Å². The van der Waals surface area contributed by atoms with Crippen LogP contribution < -0.4 is 16.8 Å². The van der Waals surface area contributed by atoms with Crippen LogP contribution >= 0.6 is 0 Å². The molecule has 0 heterocycles. The summed E-state index contributed by atoms with van der Waals surface area (Å²) in [6.07, 6.45) is 7.30. The quantitative estimate of drug-likeness (QED) is 0.380. The molecule has 0 spiro atoms. The number of nitrogens with one attached hydrogen (secondary N) is 1. The van der Waals surface area contributed by atoms with E-state index in [1.165, 1.54) is 6.07 Å². The number of rotatable bonds is 12. The largest absolute Gasteiger partial charge is 0.382 e. The van der Waals surface area contributed by atoms with Gasteiger partial charge < -0.3 is 26.8 Å². The number of nitrogens with two attached hydrogens (primary N) is 2. The van der Waals surface area contributed by atoms with Crippen LogP contribution in [0.5, 0.6) is 0 Å². The molecule has 1 aromatic carbocycles. The summed E-state index contributed by atoms with van der Waals surface area (Å²) >= 11 is 0. The molecule has 0 fully saturated rings. The third-order valence-electron chi connectivity index (χ3n) is 5.75. The molecule has 184 valence electrons. The number of hydrogen-bond acceptors (Lipinski definition) is 5. The fourth-order valence-corrected chi connectivity index (χ4v) is 4.16. The Morgan fingerprint density at radius 1 is 1.27 bits per heavy atom. The van der Waals surface area contributed by atoms with E-state index in [1.54, 1.807) is 0 Å². The average Bonchev–Trinajstić information content (AvgIpc) is 2.74. The second kappa shape index (κ2) is 12.4. The Morgan fingerprint density at radius 2 is 2.00 bits per heavy atom. The first-order chi connectivity index (χ1) is 15.5. The van der Waals surface area contributed by atoms with Gasteiger partial charge in [0.1, 0.15) is 17.7 Å². The summed E-state index contributed by atoms with van der Waals surface area (Å²) in [6.45, 7) is 5.41. The van der Waals surface area contributed by atoms with E-state index in [0.29, 0.717) is 26.1 Å².